The topological polar surface area (TPSA) is 29.9 Å². The third-order valence-corrected chi connectivity index (χ3v) is 3.95. The number of hydrogen-bond donors (Lipinski definition) is 1. The van der Waals surface area contributed by atoms with Crippen molar-refractivity contribution in [1.82, 2.24) is 15.1 Å². The lowest BCUT2D eigenvalue weighted by atomic mass is 10.0. The van der Waals surface area contributed by atoms with Gasteiger partial charge in [-0.25, -0.2) is 0 Å². The van der Waals surface area contributed by atoms with Crippen LogP contribution in [0.4, 0.5) is 0 Å². The van der Waals surface area contributed by atoms with Crippen molar-refractivity contribution in [2.45, 2.75) is 52.7 Å². The van der Waals surface area contributed by atoms with Gasteiger partial charge >= 0.3 is 0 Å². The minimum Gasteiger partial charge on any atom is -0.304 e. The van der Waals surface area contributed by atoms with Crippen LogP contribution in [-0.4, -0.2) is 9.78 Å². The Morgan fingerprint density at radius 1 is 1.20 bits per heavy atom. The van der Waals surface area contributed by atoms with Crippen molar-refractivity contribution in [1.29, 1.82) is 0 Å². The number of aromatic nitrogens is 2. The monoisotopic (exact) mass is 271 g/mol. The summed E-state index contributed by atoms with van der Waals surface area (Å²) in [7, 11) is 0. The number of rotatable bonds is 6. The lowest BCUT2D eigenvalue weighted by Gasteiger charge is -2.15. The fraction of sp³-hybridized carbons (Fsp3) is 0.471. The summed E-state index contributed by atoms with van der Waals surface area (Å²) in [6, 6.07) is 11.4. The van der Waals surface area contributed by atoms with Crippen LogP contribution >= 0.6 is 0 Å². The van der Waals surface area contributed by atoms with Crippen LogP contribution in [-0.2, 0) is 6.54 Å². The molecule has 0 aliphatic carbocycles. The van der Waals surface area contributed by atoms with Gasteiger partial charge in [0.1, 0.15) is 0 Å². The van der Waals surface area contributed by atoms with Gasteiger partial charge in [-0.05, 0) is 44.4 Å². The Hall–Kier alpha value is -1.61. The van der Waals surface area contributed by atoms with Gasteiger partial charge in [-0.2, -0.15) is 5.10 Å². The van der Waals surface area contributed by atoms with E-state index in [9.17, 15) is 0 Å². The van der Waals surface area contributed by atoms with Crippen molar-refractivity contribution >= 4 is 0 Å². The van der Waals surface area contributed by atoms with Gasteiger partial charge in [-0.3, -0.25) is 4.68 Å². The van der Waals surface area contributed by atoms with Gasteiger partial charge in [0.05, 0.1) is 5.69 Å². The van der Waals surface area contributed by atoms with Crippen molar-refractivity contribution in [2.75, 3.05) is 0 Å². The van der Waals surface area contributed by atoms with Crippen molar-refractivity contribution in [3.63, 3.8) is 0 Å². The van der Waals surface area contributed by atoms with E-state index in [0.29, 0.717) is 12.1 Å². The van der Waals surface area contributed by atoms with Crippen LogP contribution in [0.25, 0.3) is 0 Å². The molecule has 3 heteroatoms. The zero-order chi connectivity index (χ0) is 14.5. The second kappa shape index (κ2) is 6.71. The number of nitrogens with zero attached hydrogens (tertiary/aromatic N) is 2. The normalized spacial score (nSPS) is 14.2. The van der Waals surface area contributed by atoms with Gasteiger partial charge in [-0.15, -0.1) is 0 Å². The van der Waals surface area contributed by atoms with E-state index in [2.05, 4.69) is 79.3 Å². The van der Waals surface area contributed by atoms with Gasteiger partial charge < -0.3 is 5.32 Å². The highest BCUT2D eigenvalue weighted by molar-refractivity contribution is 5.28. The first-order valence-corrected chi connectivity index (χ1v) is 7.44. The minimum atomic E-state index is 0.338. The Bertz CT molecular complexity index is 545. The zero-order valence-corrected chi connectivity index (χ0v) is 12.9. The molecular weight excluding hydrogens is 246 g/mol. The molecule has 1 N–H and O–H groups in total. The molecule has 0 aliphatic rings. The van der Waals surface area contributed by atoms with Crippen molar-refractivity contribution in [3.05, 3.63) is 53.3 Å². The van der Waals surface area contributed by atoms with Gasteiger partial charge in [-0.1, -0.05) is 31.2 Å². The molecule has 3 nitrogen and oxygen atoms in total. The largest absolute Gasteiger partial charge is 0.304 e. The molecule has 1 aromatic heterocycles. The molecule has 1 aromatic carbocycles. The Kier molecular flexibility index (Phi) is 4.96. The van der Waals surface area contributed by atoms with E-state index in [1.54, 1.807) is 0 Å². The number of aryl methyl sites for hydroxylation is 1. The molecular formula is C17H25N3. The molecule has 0 spiro atoms. The molecule has 20 heavy (non-hydrogen) atoms. The lowest BCUT2D eigenvalue weighted by Crippen LogP contribution is -2.19. The molecule has 0 bridgehead atoms. The van der Waals surface area contributed by atoms with E-state index in [0.717, 1.165) is 18.7 Å². The number of nitrogens with one attached hydrogen (secondary N) is 1. The van der Waals surface area contributed by atoms with Gasteiger partial charge in [0.25, 0.3) is 0 Å². The van der Waals surface area contributed by atoms with Crippen LogP contribution in [0.15, 0.2) is 36.5 Å². The summed E-state index contributed by atoms with van der Waals surface area (Å²) in [5.41, 5.74) is 3.79. The van der Waals surface area contributed by atoms with Crippen LogP contribution in [0.5, 0.6) is 0 Å². The second-order valence-electron chi connectivity index (χ2n) is 5.50. The summed E-state index contributed by atoms with van der Waals surface area (Å²) in [6.45, 7) is 9.54. The van der Waals surface area contributed by atoms with E-state index in [4.69, 9.17) is 0 Å². The molecule has 0 radical (unpaired) electrons. The predicted molar refractivity (Wildman–Crippen MR) is 83.7 cm³/mol. The maximum atomic E-state index is 4.62. The Balaban J connectivity index is 1.95. The highest BCUT2D eigenvalue weighted by Crippen LogP contribution is 2.17. The molecule has 1 unspecified atom stereocenters. The summed E-state index contributed by atoms with van der Waals surface area (Å²) < 4.78 is 2.05. The molecule has 2 atom stereocenters. The summed E-state index contributed by atoms with van der Waals surface area (Å²) in [6.07, 6.45) is 3.18. The maximum absolute atomic E-state index is 4.62. The van der Waals surface area contributed by atoms with E-state index in [-0.39, 0.29) is 0 Å². The third-order valence-electron chi connectivity index (χ3n) is 3.95. The van der Waals surface area contributed by atoms with Crippen molar-refractivity contribution in [2.24, 2.45) is 0 Å². The van der Waals surface area contributed by atoms with E-state index in [1.807, 2.05) is 0 Å². The standard InChI is InChI=1S/C17H25N3/c1-5-14(3)20-11-10-16(19-20)12-18-15(4)17-9-7-6-8-13(17)2/h6-11,14-15,18H,5,12H2,1-4H3/t14?,15-/m0/s1. The average Bonchev–Trinajstić information content (AvgIpc) is 2.93. The summed E-state index contributed by atoms with van der Waals surface area (Å²) in [5, 5.41) is 8.17. The first-order chi connectivity index (χ1) is 9.61. The fourth-order valence-electron chi connectivity index (χ4n) is 2.34. The summed E-state index contributed by atoms with van der Waals surface area (Å²) in [4.78, 5) is 0. The first-order valence-electron chi connectivity index (χ1n) is 7.44. The van der Waals surface area contributed by atoms with E-state index < -0.39 is 0 Å². The van der Waals surface area contributed by atoms with E-state index in [1.165, 1.54) is 11.1 Å². The van der Waals surface area contributed by atoms with Gasteiger partial charge in [0.2, 0.25) is 0 Å². The minimum absolute atomic E-state index is 0.338. The Labute approximate surface area is 122 Å². The van der Waals surface area contributed by atoms with Crippen LogP contribution in [0.3, 0.4) is 0 Å². The number of benzene rings is 1. The lowest BCUT2D eigenvalue weighted by molar-refractivity contribution is 0.468. The maximum Gasteiger partial charge on any atom is 0.0762 e. The Morgan fingerprint density at radius 3 is 2.65 bits per heavy atom. The van der Waals surface area contributed by atoms with Crippen LogP contribution in [0.2, 0.25) is 0 Å². The van der Waals surface area contributed by atoms with Gasteiger partial charge in [0.15, 0.2) is 0 Å². The zero-order valence-electron chi connectivity index (χ0n) is 12.9. The predicted octanol–water partition coefficient (Wildman–Crippen LogP) is 4.01. The highest BCUT2D eigenvalue weighted by Gasteiger charge is 2.09. The second-order valence-corrected chi connectivity index (χ2v) is 5.50. The molecule has 2 rings (SSSR count). The summed E-state index contributed by atoms with van der Waals surface area (Å²) in [5.74, 6) is 0. The molecule has 2 aromatic rings. The highest BCUT2D eigenvalue weighted by atomic mass is 15.3. The Morgan fingerprint density at radius 2 is 1.95 bits per heavy atom. The van der Waals surface area contributed by atoms with Crippen molar-refractivity contribution < 1.29 is 0 Å². The third kappa shape index (κ3) is 3.48. The van der Waals surface area contributed by atoms with Crippen LogP contribution < -0.4 is 5.32 Å². The SMILES string of the molecule is CCC(C)n1ccc(CN[C@@H](C)c2ccccc2C)n1. The molecule has 0 aliphatic heterocycles. The molecule has 1 heterocycles. The fourth-order valence-corrected chi connectivity index (χ4v) is 2.34. The molecule has 0 fully saturated rings. The van der Waals surface area contributed by atoms with Crippen LogP contribution in [0, 0.1) is 6.92 Å². The summed E-state index contributed by atoms with van der Waals surface area (Å²) >= 11 is 0. The smallest absolute Gasteiger partial charge is 0.0762 e. The molecule has 0 saturated carbocycles. The van der Waals surface area contributed by atoms with Gasteiger partial charge in [0, 0.05) is 24.8 Å². The molecule has 108 valence electrons. The van der Waals surface area contributed by atoms with Crippen molar-refractivity contribution in [3.8, 4) is 0 Å². The quantitative estimate of drug-likeness (QED) is 0.860. The molecule has 0 saturated heterocycles. The number of hydrogen-bond acceptors (Lipinski definition) is 2. The van der Waals surface area contributed by atoms with Crippen LogP contribution in [0.1, 0.15) is 56.1 Å². The first kappa shape index (κ1) is 14.8. The molecule has 0 amide bonds. The average molecular weight is 271 g/mol. The van der Waals surface area contributed by atoms with E-state index >= 15 is 0 Å².